The van der Waals surface area contributed by atoms with Crippen LogP contribution in [-0.2, 0) is 19.1 Å². The molecule has 7 nitrogen and oxygen atoms in total. The van der Waals surface area contributed by atoms with Crippen LogP contribution in [-0.4, -0.2) is 35.4 Å². The average molecular weight is 495 g/mol. The number of halogens is 1. The lowest BCUT2D eigenvalue weighted by Crippen LogP contribution is -2.32. The highest BCUT2D eigenvalue weighted by Crippen LogP contribution is 2.36. The number of nitrogens with one attached hydrogen (secondary N) is 2. The first-order valence-corrected chi connectivity index (χ1v) is 11.6. The molecule has 1 aliphatic heterocycles. The third-order valence-corrected chi connectivity index (χ3v) is 6.47. The molecular formula is C25H19ClN2O5S. The summed E-state index contributed by atoms with van der Waals surface area (Å²) >= 11 is 7.33. The molecule has 0 radical (unpaired) electrons. The summed E-state index contributed by atoms with van der Waals surface area (Å²) in [6.45, 7) is -0.560. The Bertz CT molecular complexity index is 1270. The molecule has 2 amide bonds. The number of hydrogen-bond donors (Lipinski definition) is 2. The van der Waals surface area contributed by atoms with Crippen molar-refractivity contribution in [2.24, 2.45) is 0 Å². The highest BCUT2D eigenvalue weighted by Gasteiger charge is 2.29. The van der Waals surface area contributed by atoms with Gasteiger partial charge in [0.15, 0.2) is 12.4 Å². The molecule has 0 spiro atoms. The van der Waals surface area contributed by atoms with Gasteiger partial charge >= 0.3 is 5.97 Å². The number of para-hydroxylation sites is 1. The number of benzene rings is 3. The number of amides is 2. The minimum Gasteiger partial charge on any atom is -0.456 e. The van der Waals surface area contributed by atoms with Crippen LogP contribution in [0.4, 0.5) is 11.4 Å². The fraction of sp³-hybridized carbons (Fsp3) is 0.120. The normalized spacial score (nSPS) is 14.5. The maximum atomic E-state index is 12.9. The molecule has 0 aliphatic carbocycles. The first-order valence-electron chi connectivity index (χ1n) is 10.3. The molecule has 0 fully saturated rings. The van der Waals surface area contributed by atoms with Gasteiger partial charge in [-0.3, -0.25) is 19.2 Å². The number of fused-ring (bicyclic) bond motifs is 1. The first kappa shape index (κ1) is 23.5. The van der Waals surface area contributed by atoms with E-state index in [1.807, 2.05) is 18.2 Å². The van der Waals surface area contributed by atoms with Crippen LogP contribution in [0.25, 0.3) is 0 Å². The predicted molar refractivity (Wildman–Crippen MR) is 130 cm³/mol. The van der Waals surface area contributed by atoms with E-state index < -0.39 is 23.7 Å². The van der Waals surface area contributed by atoms with Gasteiger partial charge in [0.05, 0.1) is 23.0 Å². The van der Waals surface area contributed by atoms with Gasteiger partial charge in [-0.25, -0.2) is 0 Å². The van der Waals surface area contributed by atoms with Gasteiger partial charge in [0.25, 0.3) is 5.91 Å². The van der Waals surface area contributed by atoms with Crippen molar-refractivity contribution in [2.75, 3.05) is 17.2 Å². The van der Waals surface area contributed by atoms with E-state index in [1.54, 1.807) is 42.5 Å². The van der Waals surface area contributed by atoms with Crippen molar-refractivity contribution in [3.63, 3.8) is 0 Å². The smallest absolute Gasteiger partial charge is 0.307 e. The minimum absolute atomic E-state index is 0.184. The van der Waals surface area contributed by atoms with Crippen molar-refractivity contribution >= 4 is 58.3 Å². The first-order chi connectivity index (χ1) is 16.4. The molecule has 1 unspecified atom stereocenters. The van der Waals surface area contributed by atoms with Gasteiger partial charge < -0.3 is 15.4 Å². The maximum Gasteiger partial charge on any atom is 0.307 e. The molecule has 1 atom stereocenters. The summed E-state index contributed by atoms with van der Waals surface area (Å²) in [5, 5.41) is 5.03. The maximum absolute atomic E-state index is 12.9. The SMILES string of the molecule is O=C(COC(=O)CC1Sc2ccccc2NC1=O)Nc1ccc(Cl)cc1C(=O)c1ccccc1. The van der Waals surface area contributed by atoms with E-state index in [4.69, 9.17) is 16.3 Å². The zero-order valence-corrected chi connectivity index (χ0v) is 19.3. The summed E-state index contributed by atoms with van der Waals surface area (Å²) in [7, 11) is 0. The fourth-order valence-electron chi connectivity index (χ4n) is 3.33. The van der Waals surface area contributed by atoms with E-state index in [0.717, 1.165) is 4.90 Å². The van der Waals surface area contributed by atoms with Gasteiger partial charge in [0, 0.05) is 21.0 Å². The Morgan fingerprint density at radius 1 is 1.00 bits per heavy atom. The van der Waals surface area contributed by atoms with Gasteiger partial charge in [0.1, 0.15) is 0 Å². The Labute approximate surface area is 204 Å². The molecule has 0 aromatic heterocycles. The summed E-state index contributed by atoms with van der Waals surface area (Å²) in [6.07, 6.45) is -0.184. The Hall–Kier alpha value is -3.62. The Morgan fingerprint density at radius 3 is 2.53 bits per heavy atom. The molecule has 0 saturated heterocycles. The zero-order valence-electron chi connectivity index (χ0n) is 17.7. The zero-order chi connectivity index (χ0) is 24.1. The van der Waals surface area contributed by atoms with Crippen LogP contribution in [0.1, 0.15) is 22.3 Å². The molecule has 172 valence electrons. The Balaban J connectivity index is 1.35. The summed E-state index contributed by atoms with van der Waals surface area (Å²) in [6, 6.07) is 20.4. The predicted octanol–water partition coefficient (Wildman–Crippen LogP) is 4.56. The molecule has 0 bridgehead atoms. The minimum atomic E-state index is -0.682. The lowest BCUT2D eigenvalue weighted by molar-refractivity contribution is -0.147. The second-order valence-electron chi connectivity index (χ2n) is 7.39. The molecule has 1 heterocycles. The van der Waals surface area contributed by atoms with Crippen molar-refractivity contribution in [1.82, 2.24) is 0 Å². The number of anilines is 2. The molecule has 34 heavy (non-hydrogen) atoms. The van der Waals surface area contributed by atoms with Crippen LogP contribution < -0.4 is 10.6 Å². The summed E-state index contributed by atoms with van der Waals surface area (Å²) in [5.41, 5.74) is 1.60. The van der Waals surface area contributed by atoms with Crippen molar-refractivity contribution in [3.05, 3.63) is 88.9 Å². The van der Waals surface area contributed by atoms with Gasteiger partial charge in [-0.1, -0.05) is 54.1 Å². The standard InChI is InChI=1S/C25H19ClN2O5S/c26-16-10-11-18(17(12-16)24(31)15-6-2-1-3-7-15)27-22(29)14-33-23(30)13-21-25(32)28-19-8-4-5-9-20(19)34-21/h1-12,21H,13-14H2,(H,27,29)(H,28,32). The third kappa shape index (κ3) is 5.65. The molecule has 2 N–H and O–H groups in total. The van der Waals surface area contributed by atoms with Crippen LogP contribution >= 0.6 is 23.4 Å². The molecule has 3 aromatic rings. The summed E-state index contributed by atoms with van der Waals surface area (Å²) < 4.78 is 5.07. The third-order valence-electron chi connectivity index (χ3n) is 4.96. The number of carbonyl (C=O) groups excluding carboxylic acids is 4. The number of carbonyl (C=O) groups is 4. The van der Waals surface area contributed by atoms with Crippen LogP contribution in [0, 0.1) is 0 Å². The van der Waals surface area contributed by atoms with Crippen LogP contribution in [0.5, 0.6) is 0 Å². The largest absolute Gasteiger partial charge is 0.456 e. The van der Waals surface area contributed by atoms with E-state index in [9.17, 15) is 19.2 Å². The molecule has 9 heteroatoms. The molecule has 3 aromatic carbocycles. The Kier molecular flexibility index (Phi) is 7.30. The average Bonchev–Trinajstić information content (AvgIpc) is 2.84. The summed E-state index contributed by atoms with van der Waals surface area (Å²) in [4.78, 5) is 50.7. The molecule has 1 aliphatic rings. The van der Waals surface area contributed by atoms with Crippen LogP contribution in [0.2, 0.25) is 5.02 Å². The molecular weight excluding hydrogens is 476 g/mol. The molecule has 0 saturated carbocycles. The van der Waals surface area contributed by atoms with Crippen molar-refractivity contribution in [2.45, 2.75) is 16.6 Å². The Morgan fingerprint density at radius 2 is 1.74 bits per heavy atom. The fourth-order valence-corrected chi connectivity index (χ4v) is 4.60. The van der Waals surface area contributed by atoms with E-state index >= 15 is 0 Å². The lowest BCUT2D eigenvalue weighted by Gasteiger charge is -2.23. The van der Waals surface area contributed by atoms with E-state index in [-0.39, 0.29) is 29.4 Å². The lowest BCUT2D eigenvalue weighted by atomic mass is 10.0. The monoisotopic (exact) mass is 494 g/mol. The number of thioether (sulfide) groups is 1. The highest BCUT2D eigenvalue weighted by atomic mass is 35.5. The van der Waals surface area contributed by atoms with Crippen molar-refractivity contribution in [1.29, 1.82) is 0 Å². The van der Waals surface area contributed by atoms with Crippen molar-refractivity contribution in [3.8, 4) is 0 Å². The summed E-state index contributed by atoms with van der Waals surface area (Å²) in [5.74, 6) is -1.91. The van der Waals surface area contributed by atoms with Gasteiger partial charge in [-0.05, 0) is 30.3 Å². The topological polar surface area (TPSA) is 102 Å². The number of ether oxygens (including phenoxy) is 1. The quantitative estimate of drug-likeness (QED) is 0.369. The number of esters is 1. The van der Waals surface area contributed by atoms with Gasteiger partial charge in [-0.15, -0.1) is 11.8 Å². The van der Waals surface area contributed by atoms with Gasteiger partial charge in [0.2, 0.25) is 5.91 Å². The van der Waals surface area contributed by atoms with Crippen molar-refractivity contribution < 1.29 is 23.9 Å². The number of hydrogen-bond acceptors (Lipinski definition) is 6. The highest BCUT2D eigenvalue weighted by molar-refractivity contribution is 8.01. The van der Waals surface area contributed by atoms with E-state index in [0.29, 0.717) is 16.3 Å². The second kappa shape index (κ2) is 10.5. The number of rotatable bonds is 7. The second-order valence-corrected chi connectivity index (χ2v) is 9.07. The molecule has 4 rings (SSSR count). The van der Waals surface area contributed by atoms with Gasteiger partial charge in [-0.2, -0.15) is 0 Å². The number of ketones is 1. The van der Waals surface area contributed by atoms with Crippen LogP contribution in [0.3, 0.4) is 0 Å². The van der Waals surface area contributed by atoms with E-state index in [1.165, 1.54) is 23.9 Å². The van der Waals surface area contributed by atoms with E-state index in [2.05, 4.69) is 10.6 Å². The van der Waals surface area contributed by atoms with Crippen LogP contribution in [0.15, 0.2) is 77.7 Å².